The molecular formula is C20H29IN4O. The molecule has 0 unspecified atom stereocenters. The molecule has 0 fully saturated rings. The van der Waals surface area contributed by atoms with Crippen LogP contribution in [0.25, 0.3) is 0 Å². The van der Waals surface area contributed by atoms with Crippen LogP contribution in [0, 0.1) is 6.92 Å². The van der Waals surface area contributed by atoms with Gasteiger partial charge in [-0.3, -0.25) is 4.99 Å². The number of hydrogen-bond acceptors (Lipinski definition) is 3. The molecule has 0 aliphatic rings. The molecule has 2 N–H and O–H groups in total. The quantitative estimate of drug-likeness (QED) is 0.372. The minimum Gasteiger partial charge on any atom is -0.496 e. The number of anilines is 1. The summed E-state index contributed by atoms with van der Waals surface area (Å²) in [6, 6.07) is 16.6. The number of rotatable bonds is 7. The highest BCUT2D eigenvalue weighted by atomic mass is 127. The Morgan fingerprint density at radius 1 is 1.12 bits per heavy atom. The lowest BCUT2D eigenvalue weighted by molar-refractivity contribution is 0.408. The van der Waals surface area contributed by atoms with Crippen molar-refractivity contribution in [1.29, 1.82) is 0 Å². The number of ether oxygens (including phenoxy) is 1. The van der Waals surface area contributed by atoms with Crippen molar-refractivity contribution in [3.63, 3.8) is 0 Å². The molecule has 0 amide bonds. The van der Waals surface area contributed by atoms with E-state index in [2.05, 4.69) is 70.9 Å². The maximum atomic E-state index is 5.45. The van der Waals surface area contributed by atoms with Crippen LogP contribution in [-0.2, 0) is 6.54 Å². The second-order valence-corrected chi connectivity index (χ2v) is 5.92. The summed E-state index contributed by atoms with van der Waals surface area (Å²) in [7, 11) is 5.57. The van der Waals surface area contributed by atoms with Gasteiger partial charge in [-0.2, -0.15) is 0 Å². The number of halogens is 1. The molecule has 26 heavy (non-hydrogen) atoms. The number of nitrogens with zero attached hydrogens (tertiary/aromatic N) is 2. The number of aryl methyl sites for hydroxylation is 1. The van der Waals surface area contributed by atoms with Crippen molar-refractivity contribution < 1.29 is 4.74 Å². The van der Waals surface area contributed by atoms with Gasteiger partial charge in [0.2, 0.25) is 0 Å². The lowest BCUT2D eigenvalue weighted by atomic mass is 10.1. The molecule has 2 rings (SSSR count). The predicted octanol–water partition coefficient (Wildman–Crippen LogP) is 3.42. The second-order valence-electron chi connectivity index (χ2n) is 5.92. The minimum atomic E-state index is 0. The Labute approximate surface area is 173 Å². The number of methoxy groups -OCH3 is 1. The van der Waals surface area contributed by atoms with Gasteiger partial charge in [-0.1, -0.05) is 30.3 Å². The normalized spacial score (nSPS) is 10.7. The monoisotopic (exact) mass is 468 g/mol. The number of benzene rings is 2. The Morgan fingerprint density at radius 3 is 2.50 bits per heavy atom. The van der Waals surface area contributed by atoms with E-state index in [1.807, 2.05) is 12.1 Å². The van der Waals surface area contributed by atoms with Gasteiger partial charge in [-0.05, 0) is 30.7 Å². The van der Waals surface area contributed by atoms with Crippen molar-refractivity contribution in [2.45, 2.75) is 13.5 Å². The first kappa shape index (κ1) is 22.1. The van der Waals surface area contributed by atoms with Gasteiger partial charge in [0, 0.05) is 45.0 Å². The standard InChI is InChI=1S/C20H28N4O.HI/c1-16-10-11-17(19(14-16)25-4)15-23-20(21-2)22-12-13-24(3)18-8-6-5-7-9-18;/h5-11,14H,12-13,15H2,1-4H3,(H2,21,22,23);1H. The lowest BCUT2D eigenvalue weighted by Gasteiger charge is -2.20. The van der Waals surface area contributed by atoms with Crippen molar-refractivity contribution in [2.75, 3.05) is 39.2 Å². The van der Waals surface area contributed by atoms with E-state index in [1.54, 1.807) is 14.2 Å². The highest BCUT2D eigenvalue weighted by Crippen LogP contribution is 2.19. The first-order chi connectivity index (χ1) is 12.1. The van der Waals surface area contributed by atoms with Crippen LogP contribution in [0.3, 0.4) is 0 Å². The topological polar surface area (TPSA) is 48.9 Å². The van der Waals surface area contributed by atoms with Crippen LogP contribution in [0.2, 0.25) is 0 Å². The molecule has 5 nitrogen and oxygen atoms in total. The molecule has 0 saturated heterocycles. The largest absolute Gasteiger partial charge is 0.496 e. The molecule has 0 spiro atoms. The number of guanidine groups is 1. The second kappa shape index (κ2) is 11.6. The van der Waals surface area contributed by atoms with Gasteiger partial charge in [-0.25, -0.2) is 0 Å². The zero-order valence-corrected chi connectivity index (χ0v) is 18.3. The molecule has 142 valence electrons. The molecule has 0 aromatic heterocycles. The van der Waals surface area contributed by atoms with E-state index >= 15 is 0 Å². The van der Waals surface area contributed by atoms with Crippen LogP contribution in [0.15, 0.2) is 53.5 Å². The minimum absolute atomic E-state index is 0. The maximum absolute atomic E-state index is 5.45. The first-order valence-corrected chi connectivity index (χ1v) is 8.48. The maximum Gasteiger partial charge on any atom is 0.191 e. The van der Waals surface area contributed by atoms with Crippen molar-refractivity contribution in [1.82, 2.24) is 10.6 Å². The molecule has 0 saturated carbocycles. The summed E-state index contributed by atoms with van der Waals surface area (Å²) in [6.07, 6.45) is 0. The molecule has 0 aliphatic carbocycles. The predicted molar refractivity (Wildman–Crippen MR) is 121 cm³/mol. The zero-order valence-electron chi connectivity index (χ0n) is 16.0. The number of nitrogens with one attached hydrogen (secondary N) is 2. The molecule has 0 radical (unpaired) electrons. The summed E-state index contributed by atoms with van der Waals surface area (Å²) in [5.41, 5.74) is 3.50. The van der Waals surface area contributed by atoms with Gasteiger partial charge < -0.3 is 20.3 Å². The summed E-state index contributed by atoms with van der Waals surface area (Å²) in [5.74, 6) is 1.68. The van der Waals surface area contributed by atoms with Crippen LogP contribution in [0.5, 0.6) is 5.75 Å². The molecule has 0 aliphatic heterocycles. The Hall–Kier alpha value is -1.96. The molecule has 0 bridgehead atoms. The Bertz CT molecular complexity index is 691. The van der Waals surface area contributed by atoms with Crippen LogP contribution < -0.4 is 20.3 Å². The van der Waals surface area contributed by atoms with Crippen molar-refractivity contribution in [2.24, 2.45) is 4.99 Å². The van der Waals surface area contributed by atoms with Crippen LogP contribution in [0.4, 0.5) is 5.69 Å². The van der Waals surface area contributed by atoms with Gasteiger partial charge in [0.05, 0.1) is 7.11 Å². The average molecular weight is 468 g/mol. The van der Waals surface area contributed by atoms with E-state index in [-0.39, 0.29) is 24.0 Å². The lowest BCUT2D eigenvalue weighted by Crippen LogP contribution is -2.40. The van der Waals surface area contributed by atoms with E-state index in [0.717, 1.165) is 30.4 Å². The van der Waals surface area contributed by atoms with Crippen LogP contribution in [0.1, 0.15) is 11.1 Å². The van der Waals surface area contributed by atoms with E-state index in [1.165, 1.54) is 11.3 Å². The van der Waals surface area contributed by atoms with Gasteiger partial charge in [0.15, 0.2) is 5.96 Å². The number of para-hydroxylation sites is 1. The van der Waals surface area contributed by atoms with Crippen molar-refractivity contribution in [3.05, 3.63) is 59.7 Å². The highest BCUT2D eigenvalue weighted by Gasteiger charge is 2.05. The smallest absolute Gasteiger partial charge is 0.191 e. The van der Waals surface area contributed by atoms with Crippen LogP contribution in [-0.4, -0.2) is 40.3 Å². The Balaban J connectivity index is 0.00000338. The number of likely N-dealkylation sites (N-methyl/N-ethyl adjacent to an activating group) is 1. The number of hydrogen-bond donors (Lipinski definition) is 2. The molecular weight excluding hydrogens is 439 g/mol. The molecule has 2 aromatic rings. The van der Waals surface area contributed by atoms with E-state index in [4.69, 9.17) is 4.74 Å². The molecule has 2 aromatic carbocycles. The third-order valence-electron chi connectivity index (χ3n) is 4.05. The van der Waals surface area contributed by atoms with Gasteiger partial charge >= 0.3 is 0 Å². The summed E-state index contributed by atoms with van der Waals surface area (Å²) in [4.78, 5) is 6.49. The third-order valence-corrected chi connectivity index (χ3v) is 4.05. The van der Waals surface area contributed by atoms with Gasteiger partial charge in [0.25, 0.3) is 0 Å². The summed E-state index contributed by atoms with van der Waals surface area (Å²) < 4.78 is 5.45. The molecule has 0 atom stereocenters. The van der Waals surface area contributed by atoms with E-state index in [9.17, 15) is 0 Å². The first-order valence-electron chi connectivity index (χ1n) is 8.48. The van der Waals surface area contributed by atoms with Crippen LogP contribution >= 0.6 is 24.0 Å². The van der Waals surface area contributed by atoms with E-state index < -0.39 is 0 Å². The molecule has 0 heterocycles. The SMILES string of the molecule is CN=C(NCCN(C)c1ccccc1)NCc1ccc(C)cc1OC.I. The average Bonchev–Trinajstić information content (AvgIpc) is 2.65. The summed E-state index contributed by atoms with van der Waals surface area (Å²) in [5, 5.41) is 6.68. The summed E-state index contributed by atoms with van der Waals surface area (Å²) in [6.45, 7) is 4.41. The molecule has 6 heteroatoms. The van der Waals surface area contributed by atoms with E-state index in [0.29, 0.717) is 6.54 Å². The fraction of sp³-hybridized carbons (Fsp3) is 0.350. The fourth-order valence-corrected chi connectivity index (χ4v) is 2.55. The van der Waals surface area contributed by atoms with Crippen molar-refractivity contribution in [3.8, 4) is 5.75 Å². The summed E-state index contributed by atoms with van der Waals surface area (Å²) >= 11 is 0. The zero-order chi connectivity index (χ0) is 18.1. The van der Waals surface area contributed by atoms with Gasteiger partial charge in [0.1, 0.15) is 5.75 Å². The third kappa shape index (κ3) is 6.74. The Morgan fingerprint density at radius 2 is 1.85 bits per heavy atom. The van der Waals surface area contributed by atoms with Crippen molar-refractivity contribution >= 4 is 35.6 Å². The fourth-order valence-electron chi connectivity index (χ4n) is 2.55. The number of aliphatic imine (C=N–C) groups is 1. The Kier molecular flexibility index (Phi) is 9.87. The van der Waals surface area contributed by atoms with Gasteiger partial charge in [-0.15, -0.1) is 24.0 Å². The highest BCUT2D eigenvalue weighted by molar-refractivity contribution is 14.0.